The Balaban J connectivity index is 1.35. The van der Waals surface area contributed by atoms with Crippen molar-refractivity contribution in [1.82, 2.24) is 9.62 Å². The van der Waals surface area contributed by atoms with Gasteiger partial charge in [-0.15, -0.1) is 0 Å². The predicted octanol–water partition coefficient (Wildman–Crippen LogP) is 4.65. The normalized spacial score (nSPS) is 24.7. The fraction of sp³-hybridized carbons (Fsp3) is 0.435. The Morgan fingerprint density at radius 1 is 0.933 bits per heavy atom. The van der Waals surface area contributed by atoms with Crippen LogP contribution in [-0.4, -0.2) is 31.8 Å². The topological polar surface area (TPSA) is 66.5 Å². The van der Waals surface area contributed by atoms with Crippen LogP contribution < -0.4 is 4.72 Å². The number of nitrogens with zero attached hydrogens (tertiary/aromatic N) is 1. The standard InChI is InChI=1S/C23H27BrN2O3S/c24-19-10-14-21(15-11-19)30(28,29)25-20-12-8-18(9-13-20)23(27)26-16-4-7-22(26)17-5-2-1-3-6-17/h1-3,5-6,10-11,14-15,18,20,22,25H,4,7-9,12-13,16H2. The fourth-order valence-electron chi connectivity index (χ4n) is 4.65. The number of carbonyl (C=O) groups excluding carboxylic acids is 1. The molecule has 4 rings (SSSR count). The molecule has 0 spiro atoms. The Hall–Kier alpha value is -1.70. The second-order valence-corrected chi connectivity index (χ2v) is 10.9. The van der Waals surface area contributed by atoms with Gasteiger partial charge in [0.05, 0.1) is 10.9 Å². The zero-order chi connectivity index (χ0) is 21.1. The molecule has 2 fully saturated rings. The second-order valence-electron chi connectivity index (χ2n) is 8.22. The number of amides is 1. The van der Waals surface area contributed by atoms with Crippen molar-refractivity contribution >= 4 is 31.9 Å². The molecule has 1 saturated carbocycles. The van der Waals surface area contributed by atoms with Crippen LogP contribution in [0.1, 0.15) is 50.1 Å². The number of benzene rings is 2. The number of likely N-dealkylation sites (tertiary alicyclic amines) is 1. The van der Waals surface area contributed by atoms with Crippen molar-refractivity contribution in [3.63, 3.8) is 0 Å². The Morgan fingerprint density at radius 3 is 2.27 bits per heavy atom. The minimum atomic E-state index is -3.54. The second kappa shape index (κ2) is 9.20. The number of nitrogens with one attached hydrogen (secondary N) is 1. The molecule has 1 atom stereocenters. The van der Waals surface area contributed by atoms with E-state index in [2.05, 4.69) is 32.8 Å². The molecule has 1 amide bonds. The maximum absolute atomic E-state index is 13.2. The third kappa shape index (κ3) is 4.79. The summed E-state index contributed by atoms with van der Waals surface area (Å²) in [6.45, 7) is 0.814. The molecular weight excluding hydrogens is 464 g/mol. The van der Waals surface area contributed by atoms with Crippen molar-refractivity contribution in [3.05, 3.63) is 64.6 Å². The molecule has 5 nitrogen and oxygen atoms in total. The molecule has 1 heterocycles. The van der Waals surface area contributed by atoms with E-state index in [1.54, 1.807) is 24.3 Å². The van der Waals surface area contributed by atoms with Gasteiger partial charge >= 0.3 is 0 Å². The summed E-state index contributed by atoms with van der Waals surface area (Å²) in [4.78, 5) is 15.5. The summed E-state index contributed by atoms with van der Waals surface area (Å²) < 4.78 is 28.9. The number of rotatable bonds is 5. The Bertz CT molecular complexity index is 971. The van der Waals surface area contributed by atoms with E-state index in [-0.39, 0.29) is 28.8 Å². The van der Waals surface area contributed by atoms with Crippen molar-refractivity contribution in [3.8, 4) is 0 Å². The smallest absolute Gasteiger partial charge is 0.240 e. The van der Waals surface area contributed by atoms with Gasteiger partial charge in [-0.05, 0) is 68.4 Å². The minimum absolute atomic E-state index is 0.0113. The largest absolute Gasteiger partial charge is 0.335 e. The van der Waals surface area contributed by atoms with E-state index in [1.807, 2.05) is 23.1 Å². The molecule has 1 aliphatic carbocycles. The SMILES string of the molecule is O=C(C1CCC(NS(=O)(=O)c2ccc(Br)cc2)CC1)N1CCCC1c1ccccc1. The predicted molar refractivity (Wildman–Crippen MR) is 120 cm³/mol. The summed E-state index contributed by atoms with van der Waals surface area (Å²) in [5.74, 6) is 0.221. The van der Waals surface area contributed by atoms with E-state index >= 15 is 0 Å². The van der Waals surface area contributed by atoms with E-state index < -0.39 is 10.0 Å². The Morgan fingerprint density at radius 2 is 1.60 bits per heavy atom. The average molecular weight is 491 g/mol. The van der Waals surface area contributed by atoms with Crippen LogP contribution in [-0.2, 0) is 14.8 Å². The highest BCUT2D eigenvalue weighted by atomic mass is 79.9. The number of halogens is 1. The van der Waals surface area contributed by atoms with Gasteiger partial charge in [-0.3, -0.25) is 4.79 Å². The zero-order valence-corrected chi connectivity index (χ0v) is 19.2. The average Bonchev–Trinajstić information content (AvgIpc) is 3.24. The molecule has 30 heavy (non-hydrogen) atoms. The van der Waals surface area contributed by atoms with Gasteiger partial charge in [-0.25, -0.2) is 13.1 Å². The van der Waals surface area contributed by atoms with Crippen LogP contribution in [0.3, 0.4) is 0 Å². The van der Waals surface area contributed by atoms with E-state index in [0.717, 1.165) is 36.7 Å². The monoisotopic (exact) mass is 490 g/mol. The van der Waals surface area contributed by atoms with Gasteiger partial charge < -0.3 is 4.90 Å². The number of sulfonamides is 1. The van der Waals surface area contributed by atoms with Gasteiger partial charge in [-0.1, -0.05) is 46.3 Å². The molecule has 1 N–H and O–H groups in total. The lowest BCUT2D eigenvalue weighted by molar-refractivity contribution is -0.137. The van der Waals surface area contributed by atoms with E-state index in [0.29, 0.717) is 12.8 Å². The molecule has 160 valence electrons. The maximum atomic E-state index is 13.2. The van der Waals surface area contributed by atoms with Gasteiger partial charge in [0.1, 0.15) is 0 Å². The first-order valence-electron chi connectivity index (χ1n) is 10.6. The fourth-order valence-corrected chi connectivity index (χ4v) is 6.22. The lowest BCUT2D eigenvalue weighted by Crippen LogP contribution is -2.42. The van der Waals surface area contributed by atoms with Crippen LogP contribution in [0.2, 0.25) is 0 Å². The summed E-state index contributed by atoms with van der Waals surface area (Å²) >= 11 is 3.33. The molecule has 2 aromatic carbocycles. The quantitative estimate of drug-likeness (QED) is 0.662. The molecule has 7 heteroatoms. The van der Waals surface area contributed by atoms with Gasteiger partial charge in [-0.2, -0.15) is 0 Å². The van der Waals surface area contributed by atoms with Crippen molar-refractivity contribution in [2.24, 2.45) is 5.92 Å². The zero-order valence-electron chi connectivity index (χ0n) is 16.8. The van der Waals surface area contributed by atoms with E-state index in [9.17, 15) is 13.2 Å². The summed E-state index contributed by atoms with van der Waals surface area (Å²) in [7, 11) is -3.54. The van der Waals surface area contributed by atoms with E-state index in [1.165, 1.54) is 5.56 Å². The molecular formula is C23H27BrN2O3S. The van der Waals surface area contributed by atoms with Gasteiger partial charge in [0.2, 0.25) is 15.9 Å². The van der Waals surface area contributed by atoms with Gasteiger partial charge in [0.15, 0.2) is 0 Å². The summed E-state index contributed by atoms with van der Waals surface area (Å²) in [6, 6.07) is 17.0. The van der Waals surface area contributed by atoms with Crippen LogP contribution in [0.25, 0.3) is 0 Å². The van der Waals surface area contributed by atoms with Crippen molar-refractivity contribution in [2.45, 2.75) is 55.5 Å². The summed E-state index contributed by atoms with van der Waals surface area (Å²) in [5, 5.41) is 0. The molecule has 1 aliphatic heterocycles. The first kappa shape index (κ1) is 21.5. The van der Waals surface area contributed by atoms with Crippen LogP contribution in [0.5, 0.6) is 0 Å². The van der Waals surface area contributed by atoms with Gasteiger partial charge in [0, 0.05) is 23.0 Å². The highest BCUT2D eigenvalue weighted by Gasteiger charge is 2.36. The molecule has 2 aliphatic rings. The lowest BCUT2D eigenvalue weighted by Gasteiger charge is -2.33. The van der Waals surface area contributed by atoms with Gasteiger partial charge in [0.25, 0.3) is 0 Å². The third-order valence-electron chi connectivity index (χ3n) is 6.24. The maximum Gasteiger partial charge on any atom is 0.240 e. The molecule has 1 saturated heterocycles. The number of hydrogen-bond donors (Lipinski definition) is 1. The molecule has 0 radical (unpaired) electrons. The Kier molecular flexibility index (Phi) is 6.60. The number of hydrogen-bond acceptors (Lipinski definition) is 3. The highest BCUT2D eigenvalue weighted by Crippen LogP contribution is 2.36. The Labute approximate surface area is 187 Å². The first-order valence-corrected chi connectivity index (χ1v) is 12.8. The molecule has 0 bridgehead atoms. The van der Waals surface area contributed by atoms with Crippen LogP contribution in [0, 0.1) is 5.92 Å². The molecule has 2 aromatic rings. The van der Waals surface area contributed by atoms with E-state index in [4.69, 9.17) is 0 Å². The van der Waals surface area contributed by atoms with Crippen molar-refractivity contribution in [1.29, 1.82) is 0 Å². The van der Waals surface area contributed by atoms with Crippen molar-refractivity contribution < 1.29 is 13.2 Å². The third-order valence-corrected chi connectivity index (χ3v) is 8.31. The lowest BCUT2D eigenvalue weighted by atomic mass is 9.85. The first-order chi connectivity index (χ1) is 14.4. The summed E-state index contributed by atoms with van der Waals surface area (Å²) in [6.07, 6.45) is 4.88. The summed E-state index contributed by atoms with van der Waals surface area (Å²) in [5.41, 5.74) is 1.21. The molecule has 0 aromatic heterocycles. The minimum Gasteiger partial charge on any atom is -0.335 e. The number of carbonyl (C=O) groups is 1. The van der Waals surface area contributed by atoms with Crippen LogP contribution >= 0.6 is 15.9 Å². The molecule has 1 unspecified atom stereocenters. The highest BCUT2D eigenvalue weighted by molar-refractivity contribution is 9.10. The van der Waals surface area contributed by atoms with Crippen LogP contribution in [0.15, 0.2) is 64.0 Å². The van der Waals surface area contributed by atoms with Crippen molar-refractivity contribution in [2.75, 3.05) is 6.54 Å². The van der Waals surface area contributed by atoms with Crippen LogP contribution in [0.4, 0.5) is 0 Å².